The first-order chi connectivity index (χ1) is 10.1. The Morgan fingerprint density at radius 3 is 2.76 bits per heavy atom. The average Bonchev–Trinajstić information content (AvgIpc) is 2.46. The molecule has 0 atom stereocenters. The summed E-state index contributed by atoms with van der Waals surface area (Å²) >= 11 is 11.7. The van der Waals surface area contributed by atoms with Crippen molar-refractivity contribution in [3.8, 4) is 11.8 Å². The van der Waals surface area contributed by atoms with Crippen LogP contribution in [-0.4, -0.2) is 12.5 Å². The van der Waals surface area contributed by atoms with Crippen molar-refractivity contribution in [1.82, 2.24) is 0 Å². The minimum absolute atomic E-state index is 0.196. The number of amides is 1. The minimum Gasteiger partial charge on any atom is -0.482 e. The quantitative estimate of drug-likeness (QED) is 0.929. The fourth-order valence-corrected chi connectivity index (χ4v) is 2.06. The van der Waals surface area contributed by atoms with Gasteiger partial charge in [-0.15, -0.1) is 0 Å². The van der Waals surface area contributed by atoms with Gasteiger partial charge in [-0.3, -0.25) is 4.79 Å². The van der Waals surface area contributed by atoms with Crippen molar-refractivity contribution in [2.75, 3.05) is 11.9 Å². The number of benzene rings is 2. The molecule has 2 aromatic carbocycles. The van der Waals surface area contributed by atoms with Crippen molar-refractivity contribution in [1.29, 1.82) is 5.26 Å². The van der Waals surface area contributed by atoms with Crippen molar-refractivity contribution < 1.29 is 9.53 Å². The van der Waals surface area contributed by atoms with Crippen molar-refractivity contribution in [2.24, 2.45) is 0 Å². The van der Waals surface area contributed by atoms with Gasteiger partial charge in [0.15, 0.2) is 6.61 Å². The predicted molar refractivity (Wildman–Crippen MR) is 81.7 cm³/mol. The van der Waals surface area contributed by atoms with E-state index >= 15 is 0 Å². The van der Waals surface area contributed by atoms with E-state index in [2.05, 4.69) is 5.32 Å². The maximum absolute atomic E-state index is 11.8. The molecule has 0 saturated carbocycles. The summed E-state index contributed by atoms with van der Waals surface area (Å²) in [6.07, 6.45) is 0. The van der Waals surface area contributed by atoms with Crippen molar-refractivity contribution in [2.45, 2.75) is 0 Å². The normalized spacial score (nSPS) is 9.76. The summed E-state index contributed by atoms with van der Waals surface area (Å²) in [5, 5.41) is 12.2. The van der Waals surface area contributed by atoms with E-state index < -0.39 is 0 Å². The van der Waals surface area contributed by atoms with E-state index in [0.717, 1.165) is 0 Å². The number of nitriles is 1. The molecule has 106 valence electrons. The van der Waals surface area contributed by atoms with Crippen LogP contribution in [0.1, 0.15) is 5.56 Å². The molecule has 1 amide bonds. The molecule has 0 aliphatic heterocycles. The zero-order valence-electron chi connectivity index (χ0n) is 10.8. The van der Waals surface area contributed by atoms with Crippen LogP contribution in [0.3, 0.4) is 0 Å². The van der Waals surface area contributed by atoms with Crippen LogP contribution < -0.4 is 10.1 Å². The van der Waals surface area contributed by atoms with Gasteiger partial charge in [0.25, 0.3) is 5.91 Å². The first-order valence-corrected chi connectivity index (χ1v) is 6.72. The Labute approximate surface area is 131 Å². The summed E-state index contributed by atoms with van der Waals surface area (Å²) < 4.78 is 5.31. The molecule has 0 bridgehead atoms. The maximum atomic E-state index is 11.8. The molecular formula is C15H10Cl2N2O2. The number of hydrogen-bond acceptors (Lipinski definition) is 3. The number of anilines is 1. The van der Waals surface area contributed by atoms with E-state index in [1.807, 2.05) is 6.07 Å². The van der Waals surface area contributed by atoms with Gasteiger partial charge in [0.2, 0.25) is 0 Å². The smallest absolute Gasteiger partial charge is 0.262 e. The molecule has 0 fully saturated rings. The number of carbonyl (C=O) groups is 1. The van der Waals surface area contributed by atoms with Gasteiger partial charge in [-0.25, -0.2) is 0 Å². The lowest BCUT2D eigenvalue weighted by molar-refractivity contribution is -0.118. The van der Waals surface area contributed by atoms with Gasteiger partial charge >= 0.3 is 0 Å². The van der Waals surface area contributed by atoms with Gasteiger partial charge in [-0.1, -0.05) is 29.3 Å². The summed E-state index contributed by atoms with van der Waals surface area (Å²) in [7, 11) is 0. The summed E-state index contributed by atoms with van der Waals surface area (Å²) in [5.74, 6) is 0.0260. The van der Waals surface area contributed by atoms with Gasteiger partial charge in [-0.2, -0.15) is 5.26 Å². The molecule has 0 radical (unpaired) electrons. The zero-order chi connectivity index (χ0) is 15.2. The van der Waals surface area contributed by atoms with Crippen LogP contribution >= 0.6 is 23.2 Å². The topological polar surface area (TPSA) is 62.1 Å². The number of ether oxygens (including phenoxy) is 1. The maximum Gasteiger partial charge on any atom is 0.262 e. The second-order valence-electron chi connectivity index (χ2n) is 4.10. The Bertz CT molecular complexity index is 711. The average molecular weight is 321 g/mol. The van der Waals surface area contributed by atoms with Gasteiger partial charge < -0.3 is 10.1 Å². The number of carbonyl (C=O) groups excluding carboxylic acids is 1. The molecule has 4 nitrogen and oxygen atoms in total. The Morgan fingerprint density at radius 2 is 2.05 bits per heavy atom. The monoisotopic (exact) mass is 320 g/mol. The van der Waals surface area contributed by atoms with E-state index in [1.165, 1.54) is 6.07 Å². The molecule has 0 spiro atoms. The zero-order valence-corrected chi connectivity index (χ0v) is 12.3. The first-order valence-electron chi connectivity index (χ1n) is 5.96. The Hall–Kier alpha value is -2.22. The number of halogens is 2. The molecule has 0 unspecified atom stereocenters. The highest BCUT2D eigenvalue weighted by Gasteiger charge is 2.07. The van der Waals surface area contributed by atoms with E-state index in [4.69, 9.17) is 33.2 Å². The van der Waals surface area contributed by atoms with Crippen LogP contribution in [0.25, 0.3) is 0 Å². The molecule has 2 rings (SSSR count). The van der Waals surface area contributed by atoms with E-state index in [-0.39, 0.29) is 12.5 Å². The van der Waals surface area contributed by atoms with Crippen LogP contribution in [-0.2, 0) is 4.79 Å². The summed E-state index contributed by atoms with van der Waals surface area (Å²) in [5.41, 5.74) is 0.999. The highest BCUT2D eigenvalue weighted by molar-refractivity contribution is 6.35. The SMILES string of the molecule is N#Cc1cccc(NC(=O)COc2ccc(Cl)cc2Cl)c1. The lowest BCUT2D eigenvalue weighted by Crippen LogP contribution is -2.20. The first kappa shape index (κ1) is 15.2. The van der Waals surface area contributed by atoms with Gasteiger partial charge in [0.05, 0.1) is 16.7 Å². The molecule has 2 aromatic rings. The third-order valence-electron chi connectivity index (χ3n) is 2.53. The molecule has 0 aliphatic rings. The minimum atomic E-state index is -0.351. The van der Waals surface area contributed by atoms with Gasteiger partial charge in [0.1, 0.15) is 5.75 Å². The largest absolute Gasteiger partial charge is 0.482 e. The van der Waals surface area contributed by atoms with Crippen molar-refractivity contribution in [3.63, 3.8) is 0 Å². The highest BCUT2D eigenvalue weighted by Crippen LogP contribution is 2.27. The molecule has 1 N–H and O–H groups in total. The number of nitrogens with zero attached hydrogens (tertiary/aromatic N) is 1. The van der Waals surface area contributed by atoms with Crippen LogP contribution in [0, 0.1) is 11.3 Å². The van der Waals surface area contributed by atoms with E-state index in [0.29, 0.717) is 27.0 Å². The second kappa shape index (κ2) is 6.98. The van der Waals surface area contributed by atoms with Gasteiger partial charge in [-0.05, 0) is 36.4 Å². The van der Waals surface area contributed by atoms with E-state index in [9.17, 15) is 4.79 Å². The molecular weight excluding hydrogens is 311 g/mol. The van der Waals surface area contributed by atoms with E-state index in [1.54, 1.807) is 36.4 Å². The predicted octanol–water partition coefficient (Wildman–Crippen LogP) is 3.88. The fraction of sp³-hybridized carbons (Fsp3) is 0.0667. The number of nitrogens with one attached hydrogen (secondary N) is 1. The fourth-order valence-electron chi connectivity index (χ4n) is 1.60. The Morgan fingerprint density at radius 1 is 1.24 bits per heavy atom. The van der Waals surface area contributed by atoms with Gasteiger partial charge in [0, 0.05) is 10.7 Å². The summed E-state index contributed by atoms with van der Waals surface area (Å²) in [6, 6.07) is 13.3. The number of hydrogen-bond donors (Lipinski definition) is 1. The van der Waals surface area contributed by atoms with Crippen molar-refractivity contribution >= 4 is 34.8 Å². The third-order valence-corrected chi connectivity index (χ3v) is 3.06. The number of rotatable bonds is 4. The highest BCUT2D eigenvalue weighted by atomic mass is 35.5. The molecule has 6 heteroatoms. The van der Waals surface area contributed by atoms with Crippen molar-refractivity contribution in [3.05, 3.63) is 58.1 Å². The van der Waals surface area contributed by atoms with Crippen LogP contribution in [0.2, 0.25) is 10.0 Å². The summed E-state index contributed by atoms with van der Waals surface area (Å²) in [4.78, 5) is 11.8. The lowest BCUT2D eigenvalue weighted by Gasteiger charge is -2.09. The Balaban J connectivity index is 1.94. The molecule has 0 heterocycles. The Kier molecular flexibility index (Phi) is 5.04. The van der Waals surface area contributed by atoms with Crippen LogP contribution in [0.15, 0.2) is 42.5 Å². The summed E-state index contributed by atoms with van der Waals surface area (Å²) in [6.45, 7) is -0.196. The second-order valence-corrected chi connectivity index (χ2v) is 4.95. The molecule has 0 aromatic heterocycles. The molecule has 0 aliphatic carbocycles. The van der Waals surface area contributed by atoms with Crippen LogP contribution in [0.4, 0.5) is 5.69 Å². The molecule has 0 saturated heterocycles. The van der Waals surface area contributed by atoms with Crippen LogP contribution in [0.5, 0.6) is 5.75 Å². The third kappa shape index (κ3) is 4.38. The lowest BCUT2D eigenvalue weighted by atomic mass is 10.2. The standard InChI is InChI=1S/C15H10Cl2N2O2/c16-11-4-5-14(13(17)7-11)21-9-15(20)19-12-3-1-2-10(6-12)8-18/h1-7H,9H2,(H,19,20). The molecule has 21 heavy (non-hydrogen) atoms.